The third-order valence-electron chi connectivity index (χ3n) is 3.28. The summed E-state index contributed by atoms with van der Waals surface area (Å²) in [4.78, 5) is 11.3. The van der Waals surface area contributed by atoms with Gasteiger partial charge in [0.1, 0.15) is 5.54 Å². The molecule has 0 radical (unpaired) electrons. The molecule has 0 spiro atoms. The monoisotopic (exact) mass is 259 g/mol. The van der Waals surface area contributed by atoms with E-state index in [4.69, 9.17) is 9.47 Å². The summed E-state index contributed by atoms with van der Waals surface area (Å²) < 4.78 is 11.1. The lowest BCUT2D eigenvalue weighted by Gasteiger charge is -2.25. The maximum Gasteiger partial charge on any atom is 0.323 e. The lowest BCUT2D eigenvalue weighted by atomic mass is 9.98. The van der Waals surface area contributed by atoms with Crippen molar-refractivity contribution >= 4 is 5.97 Å². The van der Waals surface area contributed by atoms with E-state index in [9.17, 15) is 9.90 Å². The fourth-order valence-electron chi connectivity index (χ4n) is 2.41. The molecule has 0 amide bonds. The second-order valence-electron chi connectivity index (χ2n) is 5.07. The Kier molecular flexibility index (Phi) is 6.05. The van der Waals surface area contributed by atoms with Crippen molar-refractivity contribution in [2.75, 3.05) is 19.8 Å². The van der Waals surface area contributed by atoms with Gasteiger partial charge in [0.15, 0.2) is 0 Å². The number of ether oxygens (including phenoxy) is 2. The summed E-state index contributed by atoms with van der Waals surface area (Å²) in [5.74, 6) is -0.770. The minimum atomic E-state index is -0.793. The standard InChI is InChI=1S/C13H25NO4/c1-4-14-13(12(15)16)6-5-11(9-13)18-8-7-17-10(2)3/h10-11,14H,4-9H2,1-3H3,(H,15,16). The van der Waals surface area contributed by atoms with Gasteiger partial charge in [0.05, 0.1) is 25.4 Å². The van der Waals surface area contributed by atoms with E-state index in [1.165, 1.54) is 0 Å². The van der Waals surface area contributed by atoms with E-state index >= 15 is 0 Å². The minimum absolute atomic E-state index is 0.0240. The van der Waals surface area contributed by atoms with Crippen molar-refractivity contribution < 1.29 is 19.4 Å². The van der Waals surface area contributed by atoms with Gasteiger partial charge in [-0.3, -0.25) is 4.79 Å². The van der Waals surface area contributed by atoms with Crippen LogP contribution < -0.4 is 5.32 Å². The highest BCUT2D eigenvalue weighted by Gasteiger charge is 2.45. The van der Waals surface area contributed by atoms with E-state index in [1.807, 2.05) is 20.8 Å². The molecule has 1 aliphatic rings. The first-order valence-corrected chi connectivity index (χ1v) is 6.72. The average molecular weight is 259 g/mol. The molecule has 2 unspecified atom stereocenters. The first-order chi connectivity index (χ1) is 8.50. The van der Waals surface area contributed by atoms with Crippen LogP contribution in [-0.2, 0) is 14.3 Å². The van der Waals surface area contributed by atoms with Gasteiger partial charge >= 0.3 is 5.97 Å². The Balaban J connectivity index is 2.32. The van der Waals surface area contributed by atoms with Crippen LogP contribution in [0, 0.1) is 0 Å². The number of carboxylic acids is 1. The van der Waals surface area contributed by atoms with E-state index in [0.717, 1.165) is 6.42 Å². The van der Waals surface area contributed by atoms with Gasteiger partial charge in [0.25, 0.3) is 0 Å². The predicted molar refractivity (Wildman–Crippen MR) is 68.7 cm³/mol. The van der Waals surface area contributed by atoms with E-state index in [2.05, 4.69) is 5.32 Å². The van der Waals surface area contributed by atoms with Gasteiger partial charge in [-0.05, 0) is 33.2 Å². The second kappa shape index (κ2) is 7.07. The lowest BCUT2D eigenvalue weighted by Crippen LogP contribution is -2.50. The Morgan fingerprint density at radius 3 is 2.78 bits per heavy atom. The van der Waals surface area contributed by atoms with Crippen LogP contribution in [0.4, 0.5) is 0 Å². The Morgan fingerprint density at radius 1 is 1.50 bits per heavy atom. The smallest absolute Gasteiger partial charge is 0.323 e. The molecule has 2 atom stereocenters. The van der Waals surface area contributed by atoms with Gasteiger partial charge in [0, 0.05) is 6.42 Å². The van der Waals surface area contributed by atoms with Gasteiger partial charge in [-0.25, -0.2) is 0 Å². The molecule has 2 N–H and O–H groups in total. The zero-order valence-electron chi connectivity index (χ0n) is 11.6. The zero-order chi connectivity index (χ0) is 13.6. The molecule has 1 fully saturated rings. The molecular formula is C13H25NO4. The molecule has 1 aliphatic carbocycles. The van der Waals surface area contributed by atoms with Crippen molar-refractivity contribution in [2.24, 2.45) is 0 Å². The molecule has 5 heteroatoms. The van der Waals surface area contributed by atoms with E-state index < -0.39 is 11.5 Å². The van der Waals surface area contributed by atoms with Crippen LogP contribution in [0.2, 0.25) is 0 Å². The van der Waals surface area contributed by atoms with Crippen LogP contribution >= 0.6 is 0 Å². The highest BCUT2D eigenvalue weighted by Crippen LogP contribution is 2.32. The molecule has 0 saturated heterocycles. The predicted octanol–water partition coefficient (Wildman–Crippen LogP) is 1.41. The van der Waals surface area contributed by atoms with Crippen LogP contribution in [0.25, 0.3) is 0 Å². The maximum atomic E-state index is 11.3. The molecule has 0 aromatic heterocycles. The Bertz CT molecular complexity index is 270. The molecular weight excluding hydrogens is 234 g/mol. The molecule has 18 heavy (non-hydrogen) atoms. The number of likely N-dealkylation sites (N-methyl/N-ethyl adjacent to an activating group) is 1. The van der Waals surface area contributed by atoms with Crippen LogP contribution in [0.3, 0.4) is 0 Å². The summed E-state index contributed by atoms with van der Waals surface area (Å²) >= 11 is 0. The molecule has 0 aromatic rings. The Morgan fingerprint density at radius 2 is 2.22 bits per heavy atom. The summed E-state index contributed by atoms with van der Waals surface area (Å²) in [5.41, 5.74) is -0.793. The fourth-order valence-corrected chi connectivity index (χ4v) is 2.41. The quantitative estimate of drug-likeness (QED) is 0.645. The number of carbonyl (C=O) groups is 1. The molecule has 1 saturated carbocycles. The molecule has 0 bridgehead atoms. The summed E-state index contributed by atoms with van der Waals surface area (Å²) in [6, 6.07) is 0. The third-order valence-corrected chi connectivity index (χ3v) is 3.28. The second-order valence-corrected chi connectivity index (χ2v) is 5.07. The molecule has 5 nitrogen and oxygen atoms in total. The first-order valence-electron chi connectivity index (χ1n) is 6.72. The molecule has 0 heterocycles. The number of carboxylic acid groups (broad SMARTS) is 1. The summed E-state index contributed by atoms with van der Waals surface area (Å²) in [7, 11) is 0. The topological polar surface area (TPSA) is 67.8 Å². The van der Waals surface area contributed by atoms with Crippen molar-refractivity contribution in [1.82, 2.24) is 5.32 Å². The van der Waals surface area contributed by atoms with E-state index in [0.29, 0.717) is 32.6 Å². The van der Waals surface area contributed by atoms with Gasteiger partial charge < -0.3 is 19.9 Å². The average Bonchev–Trinajstić information content (AvgIpc) is 2.70. The molecule has 1 rings (SSSR count). The van der Waals surface area contributed by atoms with Crippen molar-refractivity contribution in [3.05, 3.63) is 0 Å². The number of rotatable bonds is 8. The Hall–Kier alpha value is -0.650. The highest BCUT2D eigenvalue weighted by atomic mass is 16.5. The van der Waals surface area contributed by atoms with Crippen molar-refractivity contribution in [3.63, 3.8) is 0 Å². The van der Waals surface area contributed by atoms with Crippen LogP contribution in [0.1, 0.15) is 40.0 Å². The first kappa shape index (κ1) is 15.4. The summed E-state index contributed by atoms with van der Waals surface area (Å²) in [6.45, 7) is 7.65. The maximum absolute atomic E-state index is 11.3. The SMILES string of the molecule is CCNC1(C(=O)O)CCC(OCCOC(C)C)C1. The van der Waals surface area contributed by atoms with Gasteiger partial charge in [-0.1, -0.05) is 6.92 Å². The van der Waals surface area contributed by atoms with Crippen LogP contribution in [-0.4, -0.2) is 48.6 Å². The molecule has 0 aliphatic heterocycles. The minimum Gasteiger partial charge on any atom is -0.480 e. The van der Waals surface area contributed by atoms with Gasteiger partial charge in [0.2, 0.25) is 0 Å². The summed E-state index contributed by atoms with van der Waals surface area (Å²) in [5, 5.41) is 12.4. The number of nitrogens with one attached hydrogen (secondary N) is 1. The van der Waals surface area contributed by atoms with Gasteiger partial charge in [-0.2, -0.15) is 0 Å². The number of hydrogen-bond donors (Lipinski definition) is 2. The molecule has 0 aromatic carbocycles. The van der Waals surface area contributed by atoms with Gasteiger partial charge in [-0.15, -0.1) is 0 Å². The molecule has 106 valence electrons. The highest BCUT2D eigenvalue weighted by molar-refractivity contribution is 5.79. The fraction of sp³-hybridized carbons (Fsp3) is 0.923. The zero-order valence-corrected chi connectivity index (χ0v) is 11.6. The van der Waals surface area contributed by atoms with E-state index in [1.54, 1.807) is 0 Å². The normalized spacial score (nSPS) is 27.9. The van der Waals surface area contributed by atoms with Crippen molar-refractivity contribution in [2.45, 2.75) is 57.8 Å². The van der Waals surface area contributed by atoms with E-state index in [-0.39, 0.29) is 12.2 Å². The van der Waals surface area contributed by atoms with Crippen LogP contribution in [0.5, 0.6) is 0 Å². The number of hydrogen-bond acceptors (Lipinski definition) is 4. The number of aliphatic carboxylic acids is 1. The lowest BCUT2D eigenvalue weighted by molar-refractivity contribution is -0.145. The third kappa shape index (κ3) is 4.23. The van der Waals surface area contributed by atoms with Crippen LogP contribution in [0.15, 0.2) is 0 Å². The Labute approximate surface area is 109 Å². The summed E-state index contributed by atoms with van der Waals surface area (Å²) in [6.07, 6.45) is 2.19. The largest absolute Gasteiger partial charge is 0.480 e. The van der Waals surface area contributed by atoms with Crippen molar-refractivity contribution in [3.8, 4) is 0 Å². The van der Waals surface area contributed by atoms with Crippen molar-refractivity contribution in [1.29, 1.82) is 0 Å².